The standard InChI is InChI=1S/C22H29NO6/c1-11-18-14-7-6-13(15-8-9-17(24)27-15)23(14)10-4-5-16(18)28-20(11)21-19(26-3)12(2)22(25)29-21/h11,13-16,18H,4-10H2,1-3H3/b21-20+/t11-,13-,14-,15-,16+,18+/m0/s1. The Morgan fingerprint density at radius 1 is 1.03 bits per heavy atom. The molecule has 0 aromatic heterocycles. The quantitative estimate of drug-likeness (QED) is 0.656. The number of fused-ring (bicyclic) bond motifs is 3. The van der Waals surface area contributed by atoms with Crippen molar-refractivity contribution in [3.63, 3.8) is 0 Å². The van der Waals surface area contributed by atoms with Gasteiger partial charge in [-0.1, -0.05) is 6.92 Å². The van der Waals surface area contributed by atoms with Crippen LogP contribution in [-0.2, 0) is 28.5 Å². The molecule has 5 aliphatic rings. The lowest BCUT2D eigenvalue weighted by molar-refractivity contribution is -0.143. The molecular formula is C22H29NO6. The fourth-order valence-electron chi connectivity index (χ4n) is 6.18. The fraction of sp³-hybridized carbons (Fsp3) is 0.727. The molecule has 0 unspecified atom stereocenters. The van der Waals surface area contributed by atoms with Gasteiger partial charge in [0, 0.05) is 30.3 Å². The van der Waals surface area contributed by atoms with Crippen LogP contribution in [0.1, 0.15) is 52.4 Å². The van der Waals surface area contributed by atoms with Crippen LogP contribution in [0.25, 0.3) is 0 Å². The van der Waals surface area contributed by atoms with E-state index in [-0.39, 0.29) is 30.1 Å². The van der Waals surface area contributed by atoms with Gasteiger partial charge in [-0.25, -0.2) is 4.79 Å². The average molecular weight is 403 g/mol. The van der Waals surface area contributed by atoms with Gasteiger partial charge in [0.05, 0.1) is 12.7 Å². The van der Waals surface area contributed by atoms with E-state index in [9.17, 15) is 9.59 Å². The van der Waals surface area contributed by atoms with Crippen LogP contribution in [0.3, 0.4) is 0 Å². The van der Waals surface area contributed by atoms with Crippen molar-refractivity contribution in [3.8, 4) is 0 Å². The number of ether oxygens (including phenoxy) is 4. The SMILES string of the molecule is COC1=C(C)C(=O)O/C1=C1/O[C@@H]2CCCN3[C@@H](CC[C@H]3[C@@H]3CCC(=O)O3)[C@H]2[C@@H]1C. The van der Waals surface area contributed by atoms with E-state index in [0.29, 0.717) is 41.5 Å². The van der Waals surface area contributed by atoms with Crippen LogP contribution in [0.2, 0.25) is 0 Å². The molecule has 7 nitrogen and oxygen atoms in total. The molecule has 0 N–H and O–H groups in total. The highest BCUT2D eigenvalue weighted by atomic mass is 16.6. The number of hydrogen-bond donors (Lipinski definition) is 0. The number of rotatable bonds is 2. The minimum Gasteiger partial charge on any atom is -0.492 e. The Labute approximate surface area is 171 Å². The lowest BCUT2D eigenvalue weighted by atomic mass is 9.82. The summed E-state index contributed by atoms with van der Waals surface area (Å²) in [6, 6.07) is 0.711. The maximum absolute atomic E-state index is 12.1. The van der Waals surface area contributed by atoms with Gasteiger partial charge in [-0.15, -0.1) is 0 Å². The molecule has 0 aliphatic carbocycles. The Morgan fingerprint density at radius 2 is 1.83 bits per heavy atom. The smallest absolute Gasteiger partial charge is 0.343 e. The van der Waals surface area contributed by atoms with Crippen LogP contribution in [0.15, 0.2) is 22.9 Å². The molecule has 0 bridgehead atoms. The van der Waals surface area contributed by atoms with Gasteiger partial charge < -0.3 is 18.9 Å². The van der Waals surface area contributed by atoms with Crippen LogP contribution in [0, 0.1) is 11.8 Å². The van der Waals surface area contributed by atoms with Crippen molar-refractivity contribution in [3.05, 3.63) is 22.9 Å². The third-order valence-electron chi connectivity index (χ3n) is 7.48. The lowest BCUT2D eigenvalue weighted by Gasteiger charge is -2.35. The molecule has 6 atom stereocenters. The molecule has 5 aliphatic heterocycles. The largest absolute Gasteiger partial charge is 0.492 e. The molecule has 0 spiro atoms. The molecule has 4 saturated heterocycles. The zero-order chi connectivity index (χ0) is 20.3. The summed E-state index contributed by atoms with van der Waals surface area (Å²) in [6.07, 6.45) is 5.69. The second-order valence-corrected chi connectivity index (χ2v) is 8.92. The minimum absolute atomic E-state index is 0.0287. The Balaban J connectivity index is 1.43. The van der Waals surface area contributed by atoms with E-state index in [1.165, 1.54) is 0 Å². The van der Waals surface area contributed by atoms with Crippen molar-refractivity contribution in [2.75, 3.05) is 13.7 Å². The molecule has 0 saturated carbocycles. The van der Waals surface area contributed by atoms with E-state index in [1.54, 1.807) is 14.0 Å². The molecule has 5 rings (SSSR count). The van der Waals surface area contributed by atoms with Crippen molar-refractivity contribution in [2.24, 2.45) is 11.8 Å². The number of carbonyl (C=O) groups is 2. The van der Waals surface area contributed by atoms with E-state index in [4.69, 9.17) is 18.9 Å². The summed E-state index contributed by atoms with van der Waals surface area (Å²) >= 11 is 0. The topological polar surface area (TPSA) is 74.3 Å². The highest BCUT2D eigenvalue weighted by Crippen LogP contribution is 2.50. The normalized spacial score (nSPS) is 42.3. The highest BCUT2D eigenvalue weighted by Gasteiger charge is 2.54. The Bertz CT molecular complexity index is 801. The van der Waals surface area contributed by atoms with Gasteiger partial charge >= 0.3 is 11.9 Å². The van der Waals surface area contributed by atoms with Gasteiger partial charge in [0.2, 0.25) is 5.76 Å². The average Bonchev–Trinajstić information content (AvgIpc) is 3.41. The third-order valence-corrected chi connectivity index (χ3v) is 7.48. The van der Waals surface area contributed by atoms with Crippen molar-refractivity contribution in [1.29, 1.82) is 0 Å². The van der Waals surface area contributed by atoms with E-state index in [1.807, 2.05) is 0 Å². The molecule has 0 radical (unpaired) electrons. The summed E-state index contributed by atoms with van der Waals surface area (Å²) in [5, 5.41) is 0. The van der Waals surface area contributed by atoms with E-state index in [2.05, 4.69) is 11.8 Å². The van der Waals surface area contributed by atoms with Crippen molar-refractivity contribution in [1.82, 2.24) is 4.90 Å². The number of esters is 2. The predicted octanol–water partition coefficient (Wildman–Crippen LogP) is 2.66. The first kappa shape index (κ1) is 19.0. The van der Waals surface area contributed by atoms with E-state index < -0.39 is 0 Å². The fourth-order valence-corrected chi connectivity index (χ4v) is 6.18. The second-order valence-electron chi connectivity index (χ2n) is 8.92. The number of cyclic esters (lactones) is 2. The van der Waals surface area contributed by atoms with Crippen molar-refractivity contribution >= 4 is 11.9 Å². The molecule has 7 heteroatoms. The van der Waals surface area contributed by atoms with Crippen LogP contribution >= 0.6 is 0 Å². The first-order valence-corrected chi connectivity index (χ1v) is 10.8. The third kappa shape index (κ3) is 2.88. The molecule has 5 heterocycles. The molecular weight excluding hydrogens is 374 g/mol. The first-order valence-electron chi connectivity index (χ1n) is 10.8. The van der Waals surface area contributed by atoms with Crippen LogP contribution in [0.4, 0.5) is 0 Å². The monoisotopic (exact) mass is 403 g/mol. The van der Waals surface area contributed by atoms with Gasteiger partial charge in [-0.3, -0.25) is 9.69 Å². The molecule has 158 valence electrons. The lowest BCUT2D eigenvalue weighted by Crippen LogP contribution is -2.46. The maximum atomic E-state index is 12.1. The Morgan fingerprint density at radius 3 is 2.55 bits per heavy atom. The molecule has 0 amide bonds. The Hall–Kier alpha value is -2.02. The number of methoxy groups -OCH3 is 1. The van der Waals surface area contributed by atoms with Crippen LogP contribution < -0.4 is 0 Å². The minimum atomic E-state index is -0.363. The summed E-state index contributed by atoms with van der Waals surface area (Å²) in [6.45, 7) is 4.92. The number of nitrogens with zero attached hydrogens (tertiary/aromatic N) is 1. The van der Waals surface area contributed by atoms with Gasteiger partial charge in [0.25, 0.3) is 0 Å². The van der Waals surface area contributed by atoms with Crippen LogP contribution in [0.5, 0.6) is 0 Å². The van der Waals surface area contributed by atoms with E-state index >= 15 is 0 Å². The zero-order valence-electron chi connectivity index (χ0n) is 17.3. The summed E-state index contributed by atoms with van der Waals surface area (Å²) in [5.74, 6) is 1.74. The van der Waals surface area contributed by atoms with Gasteiger partial charge in [-0.2, -0.15) is 0 Å². The highest BCUT2D eigenvalue weighted by molar-refractivity contribution is 5.93. The zero-order valence-corrected chi connectivity index (χ0v) is 17.3. The first-order chi connectivity index (χ1) is 14.0. The molecule has 29 heavy (non-hydrogen) atoms. The van der Waals surface area contributed by atoms with Gasteiger partial charge in [0.1, 0.15) is 18.0 Å². The summed E-state index contributed by atoms with van der Waals surface area (Å²) in [5.41, 5.74) is 0.489. The number of hydrogen-bond acceptors (Lipinski definition) is 7. The second kappa shape index (κ2) is 7.04. The molecule has 0 aromatic rings. The van der Waals surface area contributed by atoms with Crippen LogP contribution in [-0.4, -0.2) is 54.8 Å². The Kier molecular flexibility index (Phi) is 4.61. The maximum Gasteiger partial charge on any atom is 0.343 e. The summed E-state index contributed by atoms with van der Waals surface area (Å²) < 4.78 is 23.1. The number of carbonyl (C=O) groups excluding carboxylic acids is 2. The number of allylic oxidation sites excluding steroid dienone is 1. The van der Waals surface area contributed by atoms with Crippen molar-refractivity contribution < 1.29 is 28.5 Å². The van der Waals surface area contributed by atoms with Crippen molar-refractivity contribution in [2.45, 2.75) is 76.7 Å². The molecule has 4 fully saturated rings. The van der Waals surface area contributed by atoms with Gasteiger partial charge in [0.15, 0.2) is 5.76 Å². The summed E-state index contributed by atoms with van der Waals surface area (Å²) in [7, 11) is 1.56. The predicted molar refractivity (Wildman–Crippen MR) is 102 cm³/mol. The van der Waals surface area contributed by atoms with E-state index in [0.717, 1.165) is 44.4 Å². The molecule has 0 aromatic carbocycles. The summed E-state index contributed by atoms with van der Waals surface area (Å²) in [4.78, 5) is 26.3. The van der Waals surface area contributed by atoms with Gasteiger partial charge in [-0.05, 0) is 45.6 Å².